The van der Waals surface area contributed by atoms with Crippen molar-refractivity contribution in [3.8, 4) is 0 Å². The van der Waals surface area contributed by atoms with Gasteiger partial charge in [0.1, 0.15) is 48.8 Å². The van der Waals surface area contributed by atoms with Crippen molar-refractivity contribution in [2.45, 2.75) is 171 Å². The lowest BCUT2D eigenvalue weighted by molar-refractivity contribution is -0.371. The Morgan fingerprint density at radius 1 is 0.667 bits per heavy atom. The topological polar surface area (TPSA) is 216 Å². The summed E-state index contributed by atoms with van der Waals surface area (Å²) >= 11 is 0. The molecule has 0 bridgehead atoms. The highest BCUT2D eigenvalue weighted by atomic mass is 16.8. The number of carbonyl (C=O) groups is 1. The van der Waals surface area contributed by atoms with E-state index < -0.39 is 80.6 Å². The zero-order valence-electron chi connectivity index (χ0n) is 26.6. The number of allylic oxidation sites excluding steroid dienone is 2. The smallest absolute Gasteiger partial charge is 0.303 e. The minimum atomic E-state index is -1.71. The van der Waals surface area contributed by atoms with E-state index in [1.54, 1.807) is 0 Å². The number of carboxylic acids is 1. The molecule has 2 aliphatic heterocycles. The first-order valence-electron chi connectivity index (χ1n) is 16.7. The minimum Gasteiger partial charge on any atom is -0.481 e. The quantitative estimate of drug-likeness (QED) is 0.0582. The molecule has 11 atom stereocenters. The Kier molecular flexibility index (Phi) is 19.8. The fourth-order valence-corrected chi connectivity index (χ4v) is 5.65. The maximum Gasteiger partial charge on any atom is 0.303 e. The molecule has 45 heavy (non-hydrogen) atoms. The zero-order valence-corrected chi connectivity index (χ0v) is 26.6. The fourth-order valence-electron chi connectivity index (χ4n) is 5.65. The monoisotopic (exact) mass is 650 g/mol. The number of aliphatic hydroxyl groups excluding tert-OH is 7. The van der Waals surface area contributed by atoms with Crippen LogP contribution in [0.25, 0.3) is 0 Å². The highest BCUT2D eigenvalue weighted by Gasteiger charge is 2.51. The van der Waals surface area contributed by atoms with Crippen LogP contribution in [0.15, 0.2) is 12.2 Å². The normalized spacial score (nSPS) is 33.1. The van der Waals surface area contributed by atoms with E-state index in [9.17, 15) is 40.5 Å². The van der Waals surface area contributed by atoms with Gasteiger partial charge in [0.15, 0.2) is 12.6 Å². The Balaban J connectivity index is 1.65. The lowest BCUT2D eigenvalue weighted by atomic mass is 9.97. The third kappa shape index (κ3) is 14.2. The summed E-state index contributed by atoms with van der Waals surface area (Å²) in [6.45, 7) is 0.602. The van der Waals surface area contributed by atoms with E-state index in [1.165, 1.54) is 25.7 Å². The van der Waals surface area contributed by atoms with Crippen LogP contribution in [0, 0.1) is 0 Å². The maximum atomic E-state index is 10.8. The Labute approximate surface area is 266 Å². The van der Waals surface area contributed by atoms with Crippen LogP contribution in [-0.2, 0) is 23.7 Å². The molecule has 8 N–H and O–H groups in total. The first-order chi connectivity index (χ1) is 21.6. The van der Waals surface area contributed by atoms with Gasteiger partial charge < -0.3 is 59.8 Å². The highest BCUT2D eigenvalue weighted by Crippen LogP contribution is 2.30. The number of aliphatic hydroxyl groups is 7. The first kappa shape index (κ1) is 39.9. The second kappa shape index (κ2) is 22.4. The molecule has 0 saturated carbocycles. The van der Waals surface area contributed by atoms with Crippen LogP contribution in [0.2, 0.25) is 0 Å². The summed E-state index contributed by atoms with van der Waals surface area (Å²) < 4.78 is 22.8. The van der Waals surface area contributed by atoms with Crippen LogP contribution in [0.1, 0.15) is 103 Å². The second-order valence-corrected chi connectivity index (χ2v) is 12.3. The van der Waals surface area contributed by atoms with Crippen molar-refractivity contribution < 1.29 is 64.6 Å². The van der Waals surface area contributed by atoms with Crippen molar-refractivity contribution in [1.29, 1.82) is 0 Å². The second-order valence-electron chi connectivity index (χ2n) is 12.3. The van der Waals surface area contributed by atoms with Gasteiger partial charge in [0.25, 0.3) is 0 Å². The predicted molar refractivity (Wildman–Crippen MR) is 163 cm³/mol. The molecule has 2 saturated heterocycles. The number of aliphatic carboxylic acids is 1. The summed E-state index contributed by atoms with van der Waals surface area (Å²) in [5.74, 6) is -0.712. The Morgan fingerprint density at radius 3 is 1.71 bits per heavy atom. The first-order valence-corrected chi connectivity index (χ1v) is 16.7. The summed E-state index contributed by atoms with van der Waals surface area (Å²) in [7, 11) is 0. The number of rotatable bonds is 23. The average Bonchev–Trinajstić information content (AvgIpc) is 3.01. The van der Waals surface area contributed by atoms with Crippen molar-refractivity contribution in [1.82, 2.24) is 0 Å². The van der Waals surface area contributed by atoms with Crippen LogP contribution in [0.4, 0.5) is 0 Å². The molecule has 2 rings (SSSR count). The maximum absolute atomic E-state index is 10.8. The predicted octanol–water partition coefficient (Wildman–Crippen LogP) is 1.51. The molecular formula is C32H58O13. The number of hydrogen-bond acceptors (Lipinski definition) is 12. The van der Waals surface area contributed by atoms with Crippen LogP contribution in [-0.4, -0.2) is 128 Å². The number of ether oxygens (including phenoxy) is 4. The average molecular weight is 651 g/mol. The molecule has 5 unspecified atom stereocenters. The van der Waals surface area contributed by atoms with E-state index in [0.29, 0.717) is 6.42 Å². The molecule has 13 nitrogen and oxygen atoms in total. The van der Waals surface area contributed by atoms with Gasteiger partial charge in [-0.1, -0.05) is 63.5 Å². The summed E-state index contributed by atoms with van der Waals surface area (Å²) in [5.41, 5.74) is 0. The fraction of sp³-hybridized carbons (Fsp3) is 0.906. The van der Waals surface area contributed by atoms with E-state index in [0.717, 1.165) is 57.8 Å². The number of hydrogen-bond donors (Lipinski definition) is 8. The molecule has 0 amide bonds. The lowest BCUT2D eigenvalue weighted by Crippen LogP contribution is -2.64. The van der Waals surface area contributed by atoms with E-state index in [-0.39, 0.29) is 12.5 Å². The van der Waals surface area contributed by atoms with Crippen molar-refractivity contribution in [3.63, 3.8) is 0 Å². The van der Waals surface area contributed by atoms with Crippen LogP contribution >= 0.6 is 0 Å². The van der Waals surface area contributed by atoms with Crippen molar-refractivity contribution in [3.05, 3.63) is 12.2 Å². The molecule has 0 aliphatic carbocycles. The van der Waals surface area contributed by atoms with Gasteiger partial charge in [-0.05, 0) is 45.4 Å². The Hall–Kier alpha value is -1.23. The zero-order chi connectivity index (χ0) is 33.2. The minimum absolute atomic E-state index is 0.272. The molecule has 0 aromatic heterocycles. The van der Waals surface area contributed by atoms with Crippen molar-refractivity contribution in [2.75, 3.05) is 13.2 Å². The van der Waals surface area contributed by atoms with Crippen LogP contribution < -0.4 is 0 Å². The molecule has 2 aliphatic rings. The third-order valence-corrected chi connectivity index (χ3v) is 8.49. The SMILES string of the molecule is CC(CCCCCC/C=C/CCCCCCCCCC(=O)O)O[C@@H]1OC(CO)[C@@H](O)C(O)[C@@H]1O[C@@H]1OC(CO)[C@@H](O)C(O)[C@@H]1O. The lowest BCUT2D eigenvalue weighted by Gasteiger charge is -2.46. The van der Waals surface area contributed by atoms with Crippen molar-refractivity contribution >= 4 is 5.97 Å². The highest BCUT2D eigenvalue weighted by molar-refractivity contribution is 5.66. The van der Waals surface area contributed by atoms with Gasteiger partial charge in [-0.3, -0.25) is 4.79 Å². The molecule has 0 spiro atoms. The van der Waals surface area contributed by atoms with Crippen LogP contribution in [0.5, 0.6) is 0 Å². The Morgan fingerprint density at radius 2 is 1.16 bits per heavy atom. The summed E-state index contributed by atoms with van der Waals surface area (Å²) in [5, 5.41) is 79.4. The van der Waals surface area contributed by atoms with Gasteiger partial charge in [0, 0.05) is 6.42 Å². The molecule has 264 valence electrons. The largest absolute Gasteiger partial charge is 0.481 e. The Bertz CT molecular complexity index is 812. The van der Waals surface area contributed by atoms with E-state index >= 15 is 0 Å². The van der Waals surface area contributed by atoms with Gasteiger partial charge in [-0.2, -0.15) is 0 Å². The van der Waals surface area contributed by atoms with E-state index in [4.69, 9.17) is 24.1 Å². The molecule has 13 heteroatoms. The molecular weight excluding hydrogens is 592 g/mol. The summed E-state index contributed by atoms with van der Waals surface area (Å²) in [4.78, 5) is 10.5. The number of carboxylic acid groups (broad SMARTS) is 1. The van der Waals surface area contributed by atoms with Gasteiger partial charge in [0.05, 0.1) is 19.3 Å². The standard InChI is InChI=1S/C32H58O13/c1-21(17-15-13-11-9-7-5-3-2-4-6-8-10-12-14-16-18-24(35)36)42-32-30(28(40)26(38)23(20-34)44-32)45-31-29(41)27(39)25(37)22(19-33)43-31/h3,5,21-23,25-34,37-41H,2,4,6-20H2,1H3,(H,35,36)/b5-3+/t21?,22?,23?,25-,26-,27?,28?,29+,30+,31+,32-/m1/s1. The summed E-state index contributed by atoms with van der Waals surface area (Å²) in [6.07, 6.45) is 4.31. The van der Waals surface area contributed by atoms with Gasteiger partial charge in [-0.25, -0.2) is 0 Å². The van der Waals surface area contributed by atoms with Crippen molar-refractivity contribution in [2.24, 2.45) is 0 Å². The van der Waals surface area contributed by atoms with E-state index in [2.05, 4.69) is 12.2 Å². The molecule has 0 aromatic carbocycles. The van der Waals surface area contributed by atoms with Gasteiger partial charge >= 0.3 is 5.97 Å². The molecule has 2 fully saturated rings. The summed E-state index contributed by atoms with van der Waals surface area (Å²) in [6, 6.07) is 0. The molecule has 0 radical (unpaired) electrons. The molecule has 0 aromatic rings. The van der Waals surface area contributed by atoms with Gasteiger partial charge in [0.2, 0.25) is 0 Å². The van der Waals surface area contributed by atoms with Crippen LogP contribution in [0.3, 0.4) is 0 Å². The third-order valence-electron chi connectivity index (χ3n) is 8.49. The van der Waals surface area contributed by atoms with E-state index in [1.807, 2.05) is 6.92 Å². The number of unbranched alkanes of at least 4 members (excludes halogenated alkanes) is 11. The molecule has 2 heterocycles. The van der Waals surface area contributed by atoms with Gasteiger partial charge in [-0.15, -0.1) is 0 Å².